The van der Waals surface area contributed by atoms with Gasteiger partial charge in [-0.1, -0.05) is 30.2 Å². The summed E-state index contributed by atoms with van der Waals surface area (Å²) in [6.07, 6.45) is 5.88. The molecule has 2 aromatic carbocycles. The van der Waals surface area contributed by atoms with Gasteiger partial charge >= 0.3 is 6.03 Å². The van der Waals surface area contributed by atoms with E-state index in [-0.39, 0.29) is 24.5 Å². The van der Waals surface area contributed by atoms with Crippen LogP contribution >= 0.6 is 0 Å². The summed E-state index contributed by atoms with van der Waals surface area (Å²) in [5.41, 5.74) is 2.06. The van der Waals surface area contributed by atoms with Crippen molar-refractivity contribution in [1.82, 2.24) is 15.5 Å². The molecule has 164 valence electrons. The number of benzene rings is 2. The molecule has 0 bridgehead atoms. The molecule has 0 spiro atoms. The van der Waals surface area contributed by atoms with Gasteiger partial charge in [-0.05, 0) is 41.8 Å². The van der Waals surface area contributed by atoms with Gasteiger partial charge < -0.3 is 20.1 Å². The van der Waals surface area contributed by atoms with Crippen LogP contribution in [-0.2, 0) is 11.2 Å². The van der Waals surface area contributed by atoms with Crippen LogP contribution < -0.4 is 15.4 Å². The lowest BCUT2D eigenvalue weighted by Crippen LogP contribution is -2.46. The van der Waals surface area contributed by atoms with Gasteiger partial charge in [0.15, 0.2) is 0 Å². The number of hydrogen-bond donors (Lipinski definition) is 2. The third-order valence-electron chi connectivity index (χ3n) is 5.14. The molecule has 0 aliphatic carbocycles. The van der Waals surface area contributed by atoms with Gasteiger partial charge in [0.1, 0.15) is 18.2 Å². The number of ether oxygens (including phenoxy) is 2. The first kappa shape index (κ1) is 22.6. The van der Waals surface area contributed by atoms with E-state index in [1.165, 1.54) is 12.1 Å². The van der Waals surface area contributed by atoms with Gasteiger partial charge in [-0.3, -0.25) is 4.90 Å². The SMILES string of the molecule is C#CCOc1ccc(CCNC(=O)NCC(c2ccc(F)cc2)N2CCOCC2)cc1. The third kappa shape index (κ3) is 7.28. The van der Waals surface area contributed by atoms with Crippen LogP contribution in [0.25, 0.3) is 0 Å². The lowest BCUT2D eigenvalue weighted by atomic mass is 10.0. The predicted octanol–water partition coefficient (Wildman–Crippen LogP) is 2.75. The second kappa shape index (κ2) is 11.9. The van der Waals surface area contributed by atoms with Crippen molar-refractivity contribution in [2.45, 2.75) is 12.5 Å². The van der Waals surface area contributed by atoms with Gasteiger partial charge in [-0.2, -0.15) is 0 Å². The molecule has 0 aromatic heterocycles. The average molecular weight is 426 g/mol. The van der Waals surface area contributed by atoms with Crippen molar-refractivity contribution >= 4 is 6.03 Å². The van der Waals surface area contributed by atoms with E-state index in [2.05, 4.69) is 21.5 Å². The summed E-state index contributed by atoms with van der Waals surface area (Å²) in [4.78, 5) is 14.6. The highest BCUT2D eigenvalue weighted by Crippen LogP contribution is 2.21. The Bertz CT molecular complexity index is 859. The van der Waals surface area contributed by atoms with Crippen molar-refractivity contribution in [3.63, 3.8) is 0 Å². The number of hydrogen-bond acceptors (Lipinski definition) is 4. The Morgan fingerprint density at radius 3 is 2.52 bits per heavy atom. The minimum Gasteiger partial charge on any atom is -0.481 e. The van der Waals surface area contributed by atoms with Gasteiger partial charge in [0.2, 0.25) is 0 Å². The van der Waals surface area contributed by atoms with Crippen LogP contribution in [0.1, 0.15) is 17.2 Å². The second-order valence-electron chi connectivity index (χ2n) is 7.24. The Labute approximate surface area is 182 Å². The summed E-state index contributed by atoms with van der Waals surface area (Å²) in [7, 11) is 0. The zero-order valence-electron chi connectivity index (χ0n) is 17.5. The minimum atomic E-state index is -0.272. The van der Waals surface area contributed by atoms with Crippen LogP contribution in [0.4, 0.5) is 9.18 Å². The molecule has 31 heavy (non-hydrogen) atoms. The molecular formula is C24H28FN3O3. The number of nitrogens with zero attached hydrogens (tertiary/aromatic N) is 1. The van der Waals surface area contributed by atoms with Crippen molar-refractivity contribution in [1.29, 1.82) is 0 Å². The summed E-state index contributed by atoms with van der Waals surface area (Å²) in [6.45, 7) is 4.02. The van der Waals surface area contributed by atoms with Crippen molar-refractivity contribution in [2.24, 2.45) is 0 Å². The number of carbonyl (C=O) groups is 1. The molecule has 2 N–H and O–H groups in total. The molecule has 1 aliphatic rings. The summed E-state index contributed by atoms with van der Waals surface area (Å²) in [6, 6.07) is 13.8. The van der Waals surface area contributed by atoms with E-state index in [1.807, 2.05) is 24.3 Å². The molecule has 0 radical (unpaired) electrons. The topological polar surface area (TPSA) is 62.8 Å². The van der Waals surface area contributed by atoms with E-state index in [9.17, 15) is 9.18 Å². The second-order valence-corrected chi connectivity index (χ2v) is 7.24. The first-order valence-corrected chi connectivity index (χ1v) is 10.4. The van der Waals surface area contributed by atoms with Gasteiger partial charge in [-0.15, -0.1) is 6.42 Å². The average Bonchev–Trinajstić information content (AvgIpc) is 2.80. The van der Waals surface area contributed by atoms with E-state index in [0.717, 1.165) is 30.0 Å². The van der Waals surface area contributed by atoms with Gasteiger partial charge in [-0.25, -0.2) is 9.18 Å². The van der Waals surface area contributed by atoms with Crippen molar-refractivity contribution in [3.05, 3.63) is 65.5 Å². The first-order valence-electron chi connectivity index (χ1n) is 10.4. The Balaban J connectivity index is 1.46. The molecule has 1 saturated heterocycles. The molecule has 1 atom stereocenters. The summed E-state index contributed by atoms with van der Waals surface area (Å²) in [5.74, 6) is 2.88. The molecule has 7 heteroatoms. The van der Waals surface area contributed by atoms with Crippen LogP contribution in [0.15, 0.2) is 48.5 Å². The molecule has 6 nitrogen and oxygen atoms in total. The summed E-state index contributed by atoms with van der Waals surface area (Å²) < 4.78 is 24.1. The van der Waals surface area contributed by atoms with Crippen molar-refractivity contribution in [2.75, 3.05) is 46.0 Å². The standard InChI is InChI=1S/C24H28FN3O3/c1-2-15-31-22-9-3-19(4-10-22)11-12-26-24(29)27-18-23(28-13-16-30-17-14-28)20-5-7-21(25)8-6-20/h1,3-10,23H,11-18H2,(H2,26,27,29). The number of amides is 2. The van der Waals surface area contributed by atoms with Gasteiger partial charge in [0.25, 0.3) is 0 Å². The van der Waals surface area contributed by atoms with E-state index < -0.39 is 0 Å². The van der Waals surface area contributed by atoms with Crippen LogP contribution in [0.2, 0.25) is 0 Å². The molecule has 1 aliphatic heterocycles. The molecule has 2 amide bonds. The number of halogens is 1. The number of carbonyl (C=O) groups excluding carboxylic acids is 1. The number of rotatable bonds is 9. The Morgan fingerprint density at radius 2 is 1.84 bits per heavy atom. The molecule has 3 rings (SSSR count). The summed E-state index contributed by atoms with van der Waals surface area (Å²) >= 11 is 0. The van der Waals surface area contributed by atoms with Crippen LogP contribution in [-0.4, -0.2) is 56.9 Å². The smallest absolute Gasteiger partial charge is 0.314 e. The first-order chi connectivity index (χ1) is 15.2. The zero-order valence-corrected chi connectivity index (χ0v) is 17.5. The fourth-order valence-corrected chi connectivity index (χ4v) is 3.48. The summed E-state index contributed by atoms with van der Waals surface area (Å²) in [5, 5.41) is 5.83. The normalized spacial score (nSPS) is 15.0. The van der Waals surface area contributed by atoms with Crippen LogP contribution in [0.5, 0.6) is 5.75 Å². The number of urea groups is 1. The highest BCUT2D eigenvalue weighted by Gasteiger charge is 2.23. The fourth-order valence-electron chi connectivity index (χ4n) is 3.48. The minimum absolute atomic E-state index is 0.0363. The van der Waals surface area contributed by atoms with Gasteiger partial charge in [0.05, 0.1) is 19.3 Å². The van der Waals surface area contributed by atoms with E-state index in [4.69, 9.17) is 15.9 Å². The molecule has 2 aromatic rings. The molecule has 1 unspecified atom stereocenters. The highest BCUT2D eigenvalue weighted by molar-refractivity contribution is 5.73. The molecule has 0 saturated carbocycles. The fraction of sp³-hybridized carbons (Fsp3) is 0.375. The van der Waals surface area contributed by atoms with E-state index in [0.29, 0.717) is 32.7 Å². The highest BCUT2D eigenvalue weighted by atomic mass is 19.1. The van der Waals surface area contributed by atoms with Crippen LogP contribution in [0, 0.1) is 18.2 Å². The van der Waals surface area contributed by atoms with E-state index in [1.54, 1.807) is 12.1 Å². The van der Waals surface area contributed by atoms with Crippen molar-refractivity contribution < 1.29 is 18.7 Å². The number of terminal acetylenes is 1. The molecule has 1 fully saturated rings. The number of nitrogens with one attached hydrogen (secondary N) is 2. The molecule has 1 heterocycles. The molecular weight excluding hydrogens is 397 g/mol. The maximum absolute atomic E-state index is 13.3. The maximum atomic E-state index is 13.3. The van der Waals surface area contributed by atoms with Crippen LogP contribution in [0.3, 0.4) is 0 Å². The monoisotopic (exact) mass is 425 g/mol. The Hall–Kier alpha value is -3.08. The Kier molecular flexibility index (Phi) is 8.71. The maximum Gasteiger partial charge on any atom is 0.314 e. The largest absolute Gasteiger partial charge is 0.481 e. The Morgan fingerprint density at radius 1 is 1.13 bits per heavy atom. The number of morpholine rings is 1. The predicted molar refractivity (Wildman–Crippen MR) is 117 cm³/mol. The van der Waals surface area contributed by atoms with E-state index >= 15 is 0 Å². The quantitative estimate of drug-likeness (QED) is 0.607. The lowest BCUT2D eigenvalue weighted by Gasteiger charge is -2.35. The lowest BCUT2D eigenvalue weighted by molar-refractivity contribution is 0.0167. The van der Waals surface area contributed by atoms with Crippen molar-refractivity contribution in [3.8, 4) is 18.1 Å². The third-order valence-corrected chi connectivity index (χ3v) is 5.14. The zero-order chi connectivity index (χ0) is 21.9. The van der Waals surface area contributed by atoms with Gasteiger partial charge in [0, 0.05) is 26.2 Å².